The fourth-order valence-corrected chi connectivity index (χ4v) is 5.77. The van der Waals surface area contributed by atoms with Gasteiger partial charge in [0.05, 0.1) is 5.41 Å². The van der Waals surface area contributed by atoms with E-state index in [0.29, 0.717) is 11.8 Å². The van der Waals surface area contributed by atoms with E-state index in [1.165, 1.54) is 25.0 Å². The van der Waals surface area contributed by atoms with E-state index in [9.17, 15) is 9.90 Å². The molecule has 0 aromatic carbocycles. The molecule has 1 N–H and O–H groups in total. The van der Waals surface area contributed by atoms with Crippen LogP contribution in [0.5, 0.6) is 0 Å². The van der Waals surface area contributed by atoms with Crippen LogP contribution >= 0.6 is 0 Å². The molecule has 0 spiro atoms. The second-order valence-corrected chi connectivity index (χ2v) is 7.68. The van der Waals surface area contributed by atoms with Gasteiger partial charge in [-0.1, -0.05) is 0 Å². The zero-order chi connectivity index (χ0) is 14.0. The van der Waals surface area contributed by atoms with Gasteiger partial charge in [0.15, 0.2) is 0 Å². The average Bonchev–Trinajstić information content (AvgIpc) is 2.72. The molecule has 4 atom stereocenters. The average molecular weight is 274 g/mol. The molecule has 4 heteroatoms. The molecular formula is C16H22N2O2. The van der Waals surface area contributed by atoms with Crippen molar-refractivity contribution in [3.63, 3.8) is 0 Å². The molecule has 1 heterocycles. The van der Waals surface area contributed by atoms with E-state index in [-0.39, 0.29) is 5.41 Å². The normalized spacial score (nSPS) is 42.0. The van der Waals surface area contributed by atoms with Gasteiger partial charge in [-0.15, -0.1) is 0 Å². The van der Waals surface area contributed by atoms with Crippen LogP contribution in [0.3, 0.4) is 0 Å². The van der Waals surface area contributed by atoms with Crippen molar-refractivity contribution >= 4 is 5.97 Å². The lowest BCUT2D eigenvalue weighted by Gasteiger charge is -2.60. The number of aliphatic carboxylic acids is 1. The highest BCUT2D eigenvalue weighted by Crippen LogP contribution is 2.65. The number of hydrogen-bond donors (Lipinski definition) is 1. The van der Waals surface area contributed by atoms with Gasteiger partial charge in [0.2, 0.25) is 0 Å². The summed E-state index contributed by atoms with van der Waals surface area (Å²) in [6.45, 7) is 2.99. The summed E-state index contributed by atoms with van der Waals surface area (Å²) in [4.78, 5) is 11.8. The minimum absolute atomic E-state index is 0.180. The summed E-state index contributed by atoms with van der Waals surface area (Å²) < 4.78 is 2.09. The topological polar surface area (TPSA) is 55.1 Å². The smallest absolute Gasteiger partial charge is 0.309 e. The molecule has 108 valence electrons. The summed E-state index contributed by atoms with van der Waals surface area (Å²) in [6.07, 6.45) is 8.21. The first-order valence-corrected chi connectivity index (χ1v) is 7.72. The molecule has 4 aliphatic carbocycles. The number of aromatic nitrogens is 2. The fourth-order valence-electron chi connectivity index (χ4n) is 5.77. The van der Waals surface area contributed by atoms with Crippen LogP contribution in [-0.2, 0) is 11.3 Å². The number of rotatable bonds is 3. The third-order valence-corrected chi connectivity index (χ3v) is 6.05. The molecule has 0 amide bonds. The maximum Gasteiger partial charge on any atom is 0.309 e. The summed E-state index contributed by atoms with van der Waals surface area (Å²) in [5.74, 6) is 0.708. The third-order valence-electron chi connectivity index (χ3n) is 6.05. The van der Waals surface area contributed by atoms with Crippen LogP contribution in [0.15, 0.2) is 12.3 Å². The summed E-state index contributed by atoms with van der Waals surface area (Å²) in [5.41, 5.74) is 0.940. The monoisotopic (exact) mass is 274 g/mol. The van der Waals surface area contributed by atoms with Crippen molar-refractivity contribution < 1.29 is 9.90 Å². The first kappa shape index (κ1) is 12.4. The highest BCUT2D eigenvalue weighted by Gasteiger charge is 2.60. The van der Waals surface area contributed by atoms with Gasteiger partial charge in [-0.3, -0.25) is 9.48 Å². The molecule has 0 unspecified atom stereocenters. The molecule has 4 saturated carbocycles. The number of hydrogen-bond acceptors (Lipinski definition) is 2. The lowest BCUT2D eigenvalue weighted by atomic mass is 9.44. The molecule has 0 saturated heterocycles. The van der Waals surface area contributed by atoms with Crippen molar-refractivity contribution in [1.29, 1.82) is 0 Å². The number of aryl methyl sites for hydroxylation is 1. The lowest BCUT2D eigenvalue weighted by Crippen LogP contribution is -2.56. The van der Waals surface area contributed by atoms with Crippen molar-refractivity contribution in [2.24, 2.45) is 22.7 Å². The minimum atomic E-state index is -0.548. The first-order chi connectivity index (χ1) is 9.50. The van der Waals surface area contributed by atoms with Crippen LogP contribution in [0.2, 0.25) is 0 Å². The van der Waals surface area contributed by atoms with Gasteiger partial charge < -0.3 is 5.11 Å². The maximum atomic E-state index is 11.8. The van der Waals surface area contributed by atoms with Crippen molar-refractivity contribution in [1.82, 2.24) is 9.78 Å². The third kappa shape index (κ3) is 1.66. The number of nitrogens with zero attached hydrogens (tertiary/aromatic N) is 2. The van der Waals surface area contributed by atoms with E-state index in [4.69, 9.17) is 0 Å². The lowest BCUT2D eigenvalue weighted by molar-refractivity contribution is -0.176. The van der Waals surface area contributed by atoms with E-state index in [1.54, 1.807) is 0 Å². The van der Waals surface area contributed by atoms with E-state index in [1.807, 2.05) is 12.3 Å². The van der Waals surface area contributed by atoms with E-state index in [2.05, 4.69) is 16.7 Å². The summed E-state index contributed by atoms with van der Waals surface area (Å²) >= 11 is 0. The SMILES string of the molecule is Cc1ccnn1C[C@@]12C[C@H]3C[C@@H](C1)C[C@](C(=O)O)(C3)C2. The van der Waals surface area contributed by atoms with Crippen LogP contribution in [0, 0.1) is 29.6 Å². The van der Waals surface area contributed by atoms with Crippen molar-refractivity contribution in [3.8, 4) is 0 Å². The van der Waals surface area contributed by atoms with Crippen LogP contribution in [0.1, 0.15) is 44.2 Å². The molecule has 4 fully saturated rings. The molecule has 0 radical (unpaired) electrons. The van der Waals surface area contributed by atoms with Crippen molar-refractivity contribution in [2.75, 3.05) is 0 Å². The number of carbonyl (C=O) groups is 1. The predicted octanol–water partition coefficient (Wildman–Crippen LogP) is 2.86. The Bertz CT molecular complexity index is 549. The Morgan fingerprint density at radius 1 is 1.40 bits per heavy atom. The van der Waals surface area contributed by atoms with Crippen LogP contribution in [0.4, 0.5) is 0 Å². The van der Waals surface area contributed by atoms with Crippen LogP contribution < -0.4 is 0 Å². The summed E-state index contributed by atoms with van der Waals surface area (Å²) in [6, 6.07) is 2.04. The Hall–Kier alpha value is -1.32. The quantitative estimate of drug-likeness (QED) is 0.922. The predicted molar refractivity (Wildman–Crippen MR) is 74.1 cm³/mol. The van der Waals surface area contributed by atoms with Gasteiger partial charge in [0.25, 0.3) is 0 Å². The molecule has 4 aliphatic rings. The Labute approximate surface area is 119 Å². The fraction of sp³-hybridized carbons (Fsp3) is 0.750. The molecule has 4 bridgehead atoms. The Morgan fingerprint density at radius 3 is 2.65 bits per heavy atom. The summed E-state index contributed by atoms with van der Waals surface area (Å²) in [7, 11) is 0. The van der Waals surface area contributed by atoms with Gasteiger partial charge >= 0.3 is 5.97 Å². The second-order valence-electron chi connectivity index (χ2n) is 7.68. The standard InChI is InChI=1S/C16H22N2O2/c1-11-2-3-17-18(11)10-15-5-12-4-13(6-15)8-16(7-12,9-15)14(19)20/h2-3,12-13H,4-10H2,1H3,(H,19,20)/t12-,13+,15+,16-. The van der Waals surface area contributed by atoms with E-state index >= 15 is 0 Å². The zero-order valence-corrected chi connectivity index (χ0v) is 12.0. The van der Waals surface area contributed by atoms with Gasteiger partial charge in [-0.25, -0.2) is 0 Å². The Kier molecular flexibility index (Phi) is 2.40. The molecule has 0 aliphatic heterocycles. The molecule has 4 nitrogen and oxygen atoms in total. The first-order valence-electron chi connectivity index (χ1n) is 7.72. The molecular weight excluding hydrogens is 252 g/mol. The Balaban J connectivity index is 1.68. The highest BCUT2D eigenvalue weighted by molar-refractivity contribution is 5.75. The van der Waals surface area contributed by atoms with Crippen molar-refractivity contribution in [3.05, 3.63) is 18.0 Å². The Morgan fingerprint density at radius 2 is 2.10 bits per heavy atom. The zero-order valence-electron chi connectivity index (χ0n) is 12.0. The summed E-state index contributed by atoms with van der Waals surface area (Å²) in [5, 5.41) is 14.2. The molecule has 1 aromatic rings. The molecule has 20 heavy (non-hydrogen) atoms. The largest absolute Gasteiger partial charge is 0.481 e. The van der Waals surface area contributed by atoms with Crippen LogP contribution in [-0.4, -0.2) is 20.9 Å². The van der Waals surface area contributed by atoms with Gasteiger partial charge in [-0.05, 0) is 68.8 Å². The number of carboxylic acids is 1. The van der Waals surface area contributed by atoms with E-state index < -0.39 is 11.4 Å². The van der Waals surface area contributed by atoms with Crippen molar-refractivity contribution in [2.45, 2.75) is 52.0 Å². The van der Waals surface area contributed by atoms with Gasteiger partial charge in [0, 0.05) is 18.4 Å². The van der Waals surface area contributed by atoms with E-state index in [0.717, 1.165) is 25.8 Å². The molecule has 5 rings (SSSR count). The molecule has 1 aromatic heterocycles. The van der Waals surface area contributed by atoms with Gasteiger partial charge in [0.1, 0.15) is 0 Å². The highest BCUT2D eigenvalue weighted by atomic mass is 16.4. The number of carboxylic acid groups (broad SMARTS) is 1. The van der Waals surface area contributed by atoms with Gasteiger partial charge in [-0.2, -0.15) is 5.10 Å². The maximum absolute atomic E-state index is 11.8. The minimum Gasteiger partial charge on any atom is -0.481 e. The second kappa shape index (κ2) is 3.86. The van der Waals surface area contributed by atoms with Crippen LogP contribution in [0.25, 0.3) is 0 Å².